The molecule has 0 saturated carbocycles. The Kier molecular flexibility index (Phi) is 6.45. The standard InChI is InChI=1S/C28H24N6O2/c29-27(35)19-3-10-25-24(17-19)26(13-16-31-25)33-21-4-1-18(2-5-21)28(36)34-22-8-6-20(7-9-22)32-23-11-14-30-15-12-23/h1-2,4-9,11,13-14,16,19,32H,3,10,17H2,(H2,29,35)(H,31,33)(H,34,36). The lowest BCUT2D eigenvalue weighted by Crippen LogP contribution is -2.29. The number of nitrogens with zero attached hydrogens (tertiary/aromatic N) is 2. The normalized spacial score (nSPS) is 14.2. The Morgan fingerprint density at radius 2 is 1.61 bits per heavy atom. The average Bonchev–Trinajstić information content (AvgIpc) is 2.91. The maximum Gasteiger partial charge on any atom is 0.255 e. The minimum Gasteiger partial charge on any atom is -0.369 e. The number of fused-ring (bicyclic) bond motifs is 1. The topological polar surface area (TPSA) is 122 Å². The van der Waals surface area contributed by atoms with Gasteiger partial charge in [0.2, 0.25) is 5.91 Å². The van der Waals surface area contributed by atoms with E-state index in [-0.39, 0.29) is 17.7 Å². The van der Waals surface area contributed by atoms with Crippen LogP contribution in [0.1, 0.15) is 28.0 Å². The third kappa shape index (κ3) is 5.26. The van der Waals surface area contributed by atoms with Crippen LogP contribution < -0.4 is 21.7 Å². The van der Waals surface area contributed by atoms with Crippen molar-refractivity contribution >= 4 is 40.3 Å². The molecule has 1 unspecified atom stereocenters. The smallest absolute Gasteiger partial charge is 0.255 e. The molecule has 0 radical (unpaired) electrons. The summed E-state index contributed by atoms with van der Waals surface area (Å²) >= 11 is 0. The second-order valence-electron chi connectivity index (χ2n) is 8.58. The molecule has 178 valence electrons. The second kappa shape index (κ2) is 10.2. The molecule has 0 fully saturated rings. The summed E-state index contributed by atoms with van der Waals surface area (Å²) in [5, 5.41) is 9.50. The Hall–Kier alpha value is -4.90. The molecular formula is C28H24N6O2. The molecule has 0 saturated heterocycles. The largest absolute Gasteiger partial charge is 0.369 e. The van der Waals surface area contributed by atoms with Gasteiger partial charge in [-0.05, 0) is 91.6 Å². The van der Waals surface area contributed by atoms with Crippen molar-refractivity contribution in [2.75, 3.05) is 16.0 Å². The monoisotopic (exact) mass is 476 g/mol. The lowest BCUT2D eigenvalue weighted by atomic mass is 9.85. The number of rotatable bonds is 7. The van der Waals surface area contributed by atoms with Gasteiger partial charge in [0, 0.05) is 58.5 Å². The van der Waals surface area contributed by atoms with Crippen LogP contribution in [0.4, 0.5) is 28.4 Å². The number of pyridine rings is 1. The molecule has 0 bridgehead atoms. The maximum absolute atomic E-state index is 12.7. The molecule has 0 spiro atoms. The van der Waals surface area contributed by atoms with Crippen molar-refractivity contribution in [1.82, 2.24) is 9.97 Å². The van der Waals surface area contributed by atoms with E-state index in [1.807, 2.05) is 42.5 Å². The van der Waals surface area contributed by atoms with E-state index < -0.39 is 0 Å². The van der Waals surface area contributed by atoms with Crippen molar-refractivity contribution in [3.63, 3.8) is 0 Å². The predicted octanol–water partition coefficient (Wildman–Crippen LogP) is 4.41. The first-order valence-electron chi connectivity index (χ1n) is 11.6. The number of hydrogen-bond donors (Lipinski definition) is 4. The van der Waals surface area contributed by atoms with E-state index in [1.54, 1.807) is 30.6 Å². The zero-order valence-corrected chi connectivity index (χ0v) is 19.4. The molecular weight excluding hydrogens is 452 g/mol. The predicted molar refractivity (Wildman–Crippen MR) is 138 cm³/mol. The highest BCUT2D eigenvalue weighted by Crippen LogP contribution is 2.31. The third-order valence-corrected chi connectivity index (χ3v) is 6.15. The Labute approximate surface area is 209 Å². The van der Waals surface area contributed by atoms with Gasteiger partial charge in [0.25, 0.3) is 5.91 Å². The number of anilines is 5. The number of nitrogens with two attached hydrogens (primary N) is 1. The fourth-order valence-corrected chi connectivity index (χ4v) is 4.21. The zero-order valence-electron chi connectivity index (χ0n) is 19.4. The van der Waals surface area contributed by atoms with Gasteiger partial charge in [0.1, 0.15) is 0 Å². The van der Waals surface area contributed by atoms with E-state index in [2.05, 4.69) is 38.2 Å². The highest BCUT2D eigenvalue weighted by molar-refractivity contribution is 6.04. The number of aryl methyl sites for hydroxylation is 1. The Morgan fingerprint density at radius 1 is 0.889 bits per heavy atom. The number of benzene rings is 2. The van der Waals surface area contributed by atoms with Crippen LogP contribution in [0, 0.1) is 18.2 Å². The fraction of sp³-hybridized carbons (Fsp3) is 0.143. The van der Waals surface area contributed by atoms with Crippen molar-refractivity contribution in [3.8, 4) is 0 Å². The number of primary amides is 1. The molecule has 5 N–H and O–H groups in total. The minimum atomic E-state index is -0.275. The number of hydrogen-bond acceptors (Lipinski definition) is 6. The van der Waals surface area contributed by atoms with Crippen molar-refractivity contribution in [2.45, 2.75) is 19.3 Å². The third-order valence-electron chi connectivity index (χ3n) is 6.15. The quantitative estimate of drug-likeness (QED) is 0.314. The first-order chi connectivity index (χ1) is 17.5. The van der Waals surface area contributed by atoms with Crippen LogP contribution in [0.2, 0.25) is 0 Å². The van der Waals surface area contributed by atoms with E-state index in [4.69, 9.17) is 5.73 Å². The van der Waals surface area contributed by atoms with Crippen LogP contribution in [0.25, 0.3) is 0 Å². The summed E-state index contributed by atoms with van der Waals surface area (Å²) in [6.07, 6.45) is 8.09. The van der Waals surface area contributed by atoms with E-state index in [9.17, 15) is 9.59 Å². The molecule has 4 aromatic rings. The van der Waals surface area contributed by atoms with E-state index >= 15 is 0 Å². The molecule has 2 aromatic carbocycles. The van der Waals surface area contributed by atoms with Crippen molar-refractivity contribution < 1.29 is 9.59 Å². The highest BCUT2D eigenvalue weighted by Gasteiger charge is 2.25. The summed E-state index contributed by atoms with van der Waals surface area (Å²) in [4.78, 5) is 32.7. The van der Waals surface area contributed by atoms with Crippen LogP contribution in [-0.2, 0) is 17.6 Å². The van der Waals surface area contributed by atoms with E-state index in [1.165, 1.54) is 0 Å². The summed E-state index contributed by atoms with van der Waals surface area (Å²) in [6, 6.07) is 21.2. The van der Waals surface area contributed by atoms with Gasteiger partial charge in [-0.2, -0.15) is 0 Å². The molecule has 36 heavy (non-hydrogen) atoms. The number of amides is 2. The Bertz CT molecular complexity index is 1370. The Morgan fingerprint density at radius 3 is 2.33 bits per heavy atom. The number of aromatic nitrogens is 2. The van der Waals surface area contributed by atoms with Gasteiger partial charge < -0.3 is 21.7 Å². The summed E-state index contributed by atoms with van der Waals surface area (Å²) in [5.41, 5.74) is 12.1. The molecule has 8 heteroatoms. The molecule has 8 nitrogen and oxygen atoms in total. The van der Waals surface area contributed by atoms with Crippen molar-refractivity contribution in [3.05, 3.63) is 102 Å². The van der Waals surface area contributed by atoms with Gasteiger partial charge in [-0.3, -0.25) is 14.6 Å². The van der Waals surface area contributed by atoms with Gasteiger partial charge in [-0.15, -0.1) is 0 Å². The second-order valence-corrected chi connectivity index (χ2v) is 8.58. The molecule has 1 atom stereocenters. The van der Waals surface area contributed by atoms with Crippen LogP contribution in [0.5, 0.6) is 0 Å². The molecule has 5 rings (SSSR count). The van der Waals surface area contributed by atoms with E-state index in [0.29, 0.717) is 17.7 Å². The molecule has 1 aliphatic rings. The maximum atomic E-state index is 12.7. The molecule has 2 heterocycles. The number of nitrogens with one attached hydrogen (secondary N) is 3. The Balaban J connectivity index is 1.22. The van der Waals surface area contributed by atoms with Crippen LogP contribution in [-0.4, -0.2) is 21.8 Å². The van der Waals surface area contributed by atoms with Crippen LogP contribution in [0.3, 0.4) is 0 Å². The molecule has 1 aliphatic carbocycles. The van der Waals surface area contributed by atoms with Crippen molar-refractivity contribution in [2.24, 2.45) is 11.7 Å². The van der Waals surface area contributed by atoms with Gasteiger partial charge in [-0.1, -0.05) is 0 Å². The van der Waals surface area contributed by atoms with Crippen LogP contribution in [0.15, 0.2) is 73.1 Å². The first kappa shape index (κ1) is 22.9. The van der Waals surface area contributed by atoms with E-state index in [0.717, 1.165) is 46.8 Å². The van der Waals surface area contributed by atoms with Crippen molar-refractivity contribution in [1.29, 1.82) is 0 Å². The minimum absolute atomic E-state index is 0.175. The van der Waals surface area contributed by atoms with Gasteiger partial charge in [-0.25, -0.2) is 4.98 Å². The van der Waals surface area contributed by atoms with Gasteiger partial charge in [0.05, 0.1) is 5.69 Å². The SMILES string of the molecule is NC(=O)C1CCc2nccc(Nc3ccc(C(=O)Nc4ccc(Nc5c#cncc5)cc4)cc3)c2C1. The zero-order chi connectivity index (χ0) is 24.9. The number of carbonyl (C=O) groups excluding carboxylic acids is 2. The lowest BCUT2D eigenvalue weighted by Gasteiger charge is -2.24. The lowest BCUT2D eigenvalue weighted by molar-refractivity contribution is -0.122. The summed E-state index contributed by atoms with van der Waals surface area (Å²) < 4.78 is 0. The number of carbonyl (C=O) groups is 2. The fourth-order valence-electron chi connectivity index (χ4n) is 4.21. The molecule has 2 amide bonds. The summed E-state index contributed by atoms with van der Waals surface area (Å²) in [5.74, 6) is -0.654. The first-order valence-corrected chi connectivity index (χ1v) is 11.6. The average molecular weight is 477 g/mol. The summed E-state index contributed by atoms with van der Waals surface area (Å²) in [7, 11) is 0. The van der Waals surface area contributed by atoms with Crippen LogP contribution >= 0.6 is 0 Å². The molecule has 0 aliphatic heterocycles. The van der Waals surface area contributed by atoms with Gasteiger partial charge in [0.15, 0.2) is 0 Å². The molecule has 2 aromatic heterocycles. The highest BCUT2D eigenvalue weighted by atomic mass is 16.2. The van der Waals surface area contributed by atoms with Gasteiger partial charge >= 0.3 is 0 Å². The summed E-state index contributed by atoms with van der Waals surface area (Å²) in [6.45, 7) is 0.